The van der Waals surface area contributed by atoms with Crippen molar-refractivity contribution >= 4 is 21.5 Å². The molecule has 0 aliphatic heterocycles. The van der Waals surface area contributed by atoms with E-state index in [1.165, 1.54) is 32.0 Å². The zero-order chi connectivity index (χ0) is 15.5. The highest BCUT2D eigenvalue weighted by Gasteiger charge is 2.30. The predicted molar refractivity (Wildman–Crippen MR) is 69.5 cm³/mol. The third-order valence-corrected chi connectivity index (χ3v) is 4.39. The van der Waals surface area contributed by atoms with Gasteiger partial charge >= 0.3 is 11.7 Å². The molecule has 0 amide bonds. The van der Waals surface area contributed by atoms with Crippen molar-refractivity contribution in [3.63, 3.8) is 0 Å². The van der Waals surface area contributed by atoms with Crippen molar-refractivity contribution in [1.82, 2.24) is 0 Å². The highest BCUT2D eigenvalue weighted by molar-refractivity contribution is 7.91. The van der Waals surface area contributed by atoms with Gasteiger partial charge in [-0.2, -0.15) is 8.78 Å². The summed E-state index contributed by atoms with van der Waals surface area (Å²) in [4.78, 5) is 10.3. The molecule has 0 saturated heterocycles. The van der Waals surface area contributed by atoms with E-state index in [0.717, 1.165) is 6.07 Å². The Morgan fingerprint density at radius 3 is 2.30 bits per heavy atom. The lowest BCUT2D eigenvalue weighted by Gasteiger charge is -2.20. The van der Waals surface area contributed by atoms with Gasteiger partial charge in [0, 0.05) is 6.04 Å². The van der Waals surface area contributed by atoms with Gasteiger partial charge in [-0.15, -0.1) is 0 Å². The normalized spacial score (nSPS) is 14.8. The van der Waals surface area contributed by atoms with Crippen molar-refractivity contribution in [3.8, 4) is 0 Å². The molecule has 0 aliphatic carbocycles. The number of anilines is 1. The van der Waals surface area contributed by atoms with Gasteiger partial charge < -0.3 is 10.4 Å². The summed E-state index contributed by atoms with van der Waals surface area (Å²) in [6.45, 7) is 2.97. The van der Waals surface area contributed by atoms with E-state index < -0.39 is 38.4 Å². The quantitative estimate of drug-likeness (QED) is 0.842. The fourth-order valence-electron chi connectivity index (χ4n) is 1.51. The van der Waals surface area contributed by atoms with Crippen LogP contribution in [0.1, 0.15) is 13.8 Å². The van der Waals surface area contributed by atoms with Crippen LogP contribution in [0.15, 0.2) is 29.2 Å². The van der Waals surface area contributed by atoms with Gasteiger partial charge in [-0.05, 0) is 26.0 Å². The van der Waals surface area contributed by atoms with E-state index in [4.69, 9.17) is 5.11 Å². The summed E-state index contributed by atoms with van der Waals surface area (Å²) in [6, 6.07) is 4.56. The second-order valence-electron chi connectivity index (χ2n) is 4.36. The molecular formula is C12H15F2NO4S. The van der Waals surface area contributed by atoms with E-state index in [0.29, 0.717) is 0 Å². The largest absolute Gasteiger partial charge is 0.481 e. The number of aliphatic carboxylic acids is 1. The Morgan fingerprint density at radius 2 is 1.80 bits per heavy atom. The van der Waals surface area contributed by atoms with Gasteiger partial charge in [0.05, 0.1) is 16.5 Å². The Labute approximate surface area is 115 Å². The van der Waals surface area contributed by atoms with Crippen molar-refractivity contribution in [2.75, 3.05) is 5.32 Å². The van der Waals surface area contributed by atoms with Gasteiger partial charge in [0.25, 0.3) is 0 Å². The van der Waals surface area contributed by atoms with E-state index in [1.54, 1.807) is 0 Å². The number of hydrogen-bond acceptors (Lipinski definition) is 4. The van der Waals surface area contributed by atoms with Gasteiger partial charge in [-0.1, -0.05) is 12.1 Å². The molecule has 20 heavy (non-hydrogen) atoms. The maximum absolute atomic E-state index is 12.6. The van der Waals surface area contributed by atoms with Crippen molar-refractivity contribution in [2.45, 2.75) is 30.5 Å². The number of carboxylic acids is 1. The van der Waals surface area contributed by atoms with E-state index in [2.05, 4.69) is 5.32 Å². The number of carboxylic acid groups (broad SMARTS) is 1. The second-order valence-corrected chi connectivity index (χ2v) is 6.25. The minimum absolute atomic E-state index is 0.0339. The van der Waals surface area contributed by atoms with Crippen LogP contribution in [-0.4, -0.2) is 31.3 Å². The number of benzene rings is 1. The lowest BCUT2D eigenvalue weighted by Crippen LogP contribution is -2.30. The molecule has 1 aromatic carbocycles. The first kappa shape index (κ1) is 16.4. The first-order valence-corrected chi connectivity index (χ1v) is 7.33. The SMILES string of the molecule is CC(Nc1ccccc1S(=O)(=O)C(F)F)C(C)C(=O)O. The van der Waals surface area contributed by atoms with Crippen molar-refractivity contribution < 1.29 is 27.1 Å². The molecule has 8 heteroatoms. The molecule has 5 nitrogen and oxygen atoms in total. The number of nitrogens with one attached hydrogen (secondary N) is 1. The maximum Gasteiger partial charge on any atom is 0.341 e. The van der Waals surface area contributed by atoms with Gasteiger partial charge in [0.2, 0.25) is 9.84 Å². The molecule has 0 radical (unpaired) electrons. The molecule has 0 aliphatic rings. The zero-order valence-corrected chi connectivity index (χ0v) is 11.7. The lowest BCUT2D eigenvalue weighted by molar-refractivity contribution is -0.141. The number of carbonyl (C=O) groups is 1. The standard InChI is InChI=1S/C12H15F2NO4S/c1-7(11(16)17)8(2)15-9-5-3-4-6-10(9)20(18,19)12(13)14/h3-8,12,15H,1-2H3,(H,16,17). The highest BCUT2D eigenvalue weighted by atomic mass is 32.2. The van der Waals surface area contributed by atoms with Gasteiger partial charge in [-0.3, -0.25) is 4.79 Å². The number of hydrogen-bond donors (Lipinski definition) is 2. The molecule has 112 valence electrons. The van der Waals surface area contributed by atoms with Crippen LogP contribution >= 0.6 is 0 Å². The minimum atomic E-state index is -4.74. The summed E-state index contributed by atoms with van der Waals surface area (Å²) in [5.41, 5.74) is -0.0339. The number of sulfone groups is 1. The molecule has 1 rings (SSSR count). The van der Waals surface area contributed by atoms with Crippen LogP contribution in [0.4, 0.5) is 14.5 Å². The Bertz CT molecular complexity index is 589. The first-order chi connectivity index (χ1) is 9.17. The Hall–Kier alpha value is -1.70. The molecule has 1 aromatic rings. The third-order valence-electron chi connectivity index (χ3n) is 2.95. The molecule has 0 fully saturated rings. The highest BCUT2D eigenvalue weighted by Crippen LogP contribution is 2.27. The van der Waals surface area contributed by atoms with Crippen LogP contribution in [0.3, 0.4) is 0 Å². The summed E-state index contributed by atoms with van der Waals surface area (Å²) >= 11 is 0. The van der Waals surface area contributed by atoms with Crippen molar-refractivity contribution in [1.29, 1.82) is 0 Å². The number of rotatable bonds is 6. The summed E-state index contributed by atoms with van der Waals surface area (Å²) in [5.74, 6) is -5.41. The molecule has 0 saturated carbocycles. The Morgan fingerprint density at radius 1 is 1.25 bits per heavy atom. The van der Waals surface area contributed by atoms with Crippen LogP contribution in [0.2, 0.25) is 0 Å². The van der Waals surface area contributed by atoms with Gasteiger partial charge in [0.15, 0.2) is 0 Å². The smallest absolute Gasteiger partial charge is 0.341 e. The van der Waals surface area contributed by atoms with E-state index >= 15 is 0 Å². The monoisotopic (exact) mass is 307 g/mol. The molecular weight excluding hydrogens is 292 g/mol. The second kappa shape index (κ2) is 6.17. The summed E-state index contributed by atoms with van der Waals surface area (Å²) in [7, 11) is -4.74. The van der Waals surface area contributed by atoms with Crippen LogP contribution < -0.4 is 5.32 Å². The molecule has 0 heterocycles. The number of halogens is 2. The molecule has 0 bridgehead atoms. The van der Waals surface area contributed by atoms with Crippen LogP contribution in [0.5, 0.6) is 0 Å². The summed E-state index contributed by atoms with van der Waals surface area (Å²) in [6.07, 6.45) is 0. The average Bonchev–Trinajstić information content (AvgIpc) is 2.37. The Balaban J connectivity index is 3.13. The third kappa shape index (κ3) is 3.44. The lowest BCUT2D eigenvalue weighted by atomic mass is 10.0. The molecule has 0 spiro atoms. The Kier molecular flexibility index (Phi) is 5.04. The fraction of sp³-hybridized carbons (Fsp3) is 0.417. The summed E-state index contributed by atoms with van der Waals surface area (Å²) < 4.78 is 48.2. The molecule has 2 unspecified atom stereocenters. The predicted octanol–water partition coefficient (Wildman–Crippen LogP) is 2.20. The van der Waals surface area contributed by atoms with Crippen LogP contribution in [0.25, 0.3) is 0 Å². The van der Waals surface area contributed by atoms with E-state index in [-0.39, 0.29) is 5.69 Å². The topological polar surface area (TPSA) is 83.5 Å². The summed E-state index contributed by atoms with van der Waals surface area (Å²) in [5, 5.41) is 11.5. The van der Waals surface area contributed by atoms with Crippen molar-refractivity contribution in [2.24, 2.45) is 5.92 Å². The van der Waals surface area contributed by atoms with Crippen LogP contribution in [-0.2, 0) is 14.6 Å². The average molecular weight is 307 g/mol. The maximum atomic E-state index is 12.6. The molecule has 2 N–H and O–H groups in total. The first-order valence-electron chi connectivity index (χ1n) is 5.78. The van der Waals surface area contributed by atoms with Crippen molar-refractivity contribution in [3.05, 3.63) is 24.3 Å². The number of para-hydroxylation sites is 1. The zero-order valence-electron chi connectivity index (χ0n) is 10.9. The minimum Gasteiger partial charge on any atom is -0.481 e. The van der Waals surface area contributed by atoms with Gasteiger partial charge in [0.1, 0.15) is 0 Å². The molecule has 0 aromatic heterocycles. The number of alkyl halides is 2. The van der Waals surface area contributed by atoms with E-state index in [1.807, 2.05) is 0 Å². The van der Waals surface area contributed by atoms with E-state index in [9.17, 15) is 22.0 Å². The van der Waals surface area contributed by atoms with Gasteiger partial charge in [-0.25, -0.2) is 8.42 Å². The fourth-order valence-corrected chi connectivity index (χ4v) is 2.41. The molecule has 2 atom stereocenters. The van der Waals surface area contributed by atoms with Crippen LogP contribution in [0, 0.1) is 5.92 Å².